The van der Waals surface area contributed by atoms with Crippen LogP contribution in [0, 0.1) is 0 Å². The van der Waals surface area contributed by atoms with E-state index in [9.17, 15) is 0 Å². The number of thioether (sulfide) groups is 1. The van der Waals surface area contributed by atoms with Gasteiger partial charge in [-0.3, -0.25) is 0 Å². The predicted molar refractivity (Wildman–Crippen MR) is 74.7 cm³/mol. The van der Waals surface area contributed by atoms with Crippen LogP contribution in [0.2, 0.25) is 0 Å². The third-order valence-corrected chi connectivity index (χ3v) is 4.12. The first-order valence-electron chi connectivity index (χ1n) is 6.06. The molecule has 0 bridgehead atoms. The van der Waals surface area contributed by atoms with Gasteiger partial charge in [-0.2, -0.15) is 11.8 Å². The van der Waals surface area contributed by atoms with Crippen molar-refractivity contribution in [1.82, 2.24) is 9.97 Å². The molecule has 1 saturated heterocycles. The van der Waals surface area contributed by atoms with Crippen molar-refractivity contribution < 1.29 is 0 Å². The normalized spacial score (nSPS) is 20.9. The third-order valence-electron chi connectivity index (χ3n) is 2.93. The summed E-state index contributed by atoms with van der Waals surface area (Å²) in [5, 5.41) is 0. The lowest BCUT2D eigenvalue weighted by atomic mass is 10.2. The monoisotopic (exact) mass is 252 g/mol. The highest BCUT2D eigenvalue weighted by molar-refractivity contribution is 7.99. The van der Waals surface area contributed by atoms with E-state index in [1.54, 1.807) is 0 Å². The molecule has 1 aliphatic rings. The number of hydrogen-bond acceptors (Lipinski definition) is 5. The Morgan fingerprint density at radius 3 is 2.88 bits per heavy atom. The quantitative estimate of drug-likeness (QED) is 0.874. The lowest BCUT2D eigenvalue weighted by Crippen LogP contribution is -2.41. The number of anilines is 2. The Hall–Kier alpha value is -0.970. The van der Waals surface area contributed by atoms with Crippen LogP contribution in [0.15, 0.2) is 6.07 Å². The summed E-state index contributed by atoms with van der Waals surface area (Å²) in [5.74, 6) is 5.02. The van der Waals surface area contributed by atoms with Crippen molar-refractivity contribution in [2.45, 2.75) is 32.7 Å². The van der Waals surface area contributed by atoms with Crippen LogP contribution in [0.5, 0.6) is 0 Å². The molecule has 0 amide bonds. The van der Waals surface area contributed by atoms with E-state index in [-0.39, 0.29) is 0 Å². The molecule has 2 rings (SSSR count). The second-order valence-corrected chi connectivity index (χ2v) is 5.93. The summed E-state index contributed by atoms with van der Waals surface area (Å²) in [6.07, 6.45) is 0. The highest BCUT2D eigenvalue weighted by Gasteiger charge is 2.21. The Morgan fingerprint density at radius 1 is 1.47 bits per heavy atom. The summed E-state index contributed by atoms with van der Waals surface area (Å²) in [7, 11) is 0. The Balaban J connectivity index is 2.30. The molecular formula is C12H20N4S. The van der Waals surface area contributed by atoms with Crippen molar-refractivity contribution in [1.29, 1.82) is 0 Å². The smallest absolute Gasteiger partial charge is 0.135 e. The van der Waals surface area contributed by atoms with Crippen molar-refractivity contribution in [2.75, 3.05) is 28.7 Å². The largest absolute Gasteiger partial charge is 0.384 e. The SMILES string of the molecule is CC(C)c1nc(N)cc(N2CCSCC2C)n1. The van der Waals surface area contributed by atoms with Crippen LogP contribution in [0.4, 0.5) is 11.6 Å². The molecule has 17 heavy (non-hydrogen) atoms. The minimum Gasteiger partial charge on any atom is -0.384 e. The maximum Gasteiger partial charge on any atom is 0.135 e. The van der Waals surface area contributed by atoms with Gasteiger partial charge in [-0.05, 0) is 6.92 Å². The van der Waals surface area contributed by atoms with E-state index in [2.05, 4.69) is 35.6 Å². The summed E-state index contributed by atoms with van der Waals surface area (Å²) in [6, 6.07) is 2.40. The van der Waals surface area contributed by atoms with Crippen LogP contribution >= 0.6 is 11.8 Å². The molecule has 1 aliphatic heterocycles. The maximum absolute atomic E-state index is 5.87. The average Bonchev–Trinajstić information content (AvgIpc) is 2.28. The maximum atomic E-state index is 5.87. The fourth-order valence-electron chi connectivity index (χ4n) is 1.94. The highest BCUT2D eigenvalue weighted by atomic mass is 32.2. The molecular weight excluding hydrogens is 232 g/mol. The van der Waals surface area contributed by atoms with Gasteiger partial charge in [0.05, 0.1) is 0 Å². The van der Waals surface area contributed by atoms with E-state index in [1.807, 2.05) is 17.8 Å². The van der Waals surface area contributed by atoms with Crippen molar-refractivity contribution in [3.63, 3.8) is 0 Å². The standard InChI is InChI=1S/C12H20N4S/c1-8(2)12-14-10(13)6-11(15-12)16-4-5-17-7-9(16)3/h6,8-9H,4-5,7H2,1-3H3,(H2,13,14,15). The Labute approximate surface area is 107 Å². The van der Waals surface area contributed by atoms with E-state index in [4.69, 9.17) is 5.73 Å². The zero-order valence-electron chi connectivity index (χ0n) is 10.7. The van der Waals surface area contributed by atoms with Crippen molar-refractivity contribution in [3.05, 3.63) is 11.9 Å². The zero-order valence-corrected chi connectivity index (χ0v) is 11.5. The second-order valence-electron chi connectivity index (χ2n) is 4.78. The minimum atomic E-state index is 0.312. The topological polar surface area (TPSA) is 55.0 Å². The van der Waals surface area contributed by atoms with Gasteiger partial charge in [-0.1, -0.05) is 13.8 Å². The van der Waals surface area contributed by atoms with Crippen molar-refractivity contribution in [3.8, 4) is 0 Å². The Bertz CT molecular complexity index is 394. The molecule has 4 nitrogen and oxygen atoms in total. The number of nitrogens with two attached hydrogens (primary N) is 1. The summed E-state index contributed by atoms with van der Waals surface area (Å²) >= 11 is 2.00. The van der Waals surface area contributed by atoms with E-state index in [0.717, 1.165) is 29.7 Å². The molecule has 0 aromatic carbocycles. The van der Waals surface area contributed by atoms with Gasteiger partial charge in [0.2, 0.25) is 0 Å². The van der Waals surface area contributed by atoms with Gasteiger partial charge in [0.25, 0.3) is 0 Å². The summed E-state index contributed by atoms with van der Waals surface area (Å²) in [5.41, 5.74) is 5.87. The van der Waals surface area contributed by atoms with Gasteiger partial charge in [0, 0.05) is 36.1 Å². The van der Waals surface area contributed by atoms with Crippen LogP contribution in [0.1, 0.15) is 32.5 Å². The minimum absolute atomic E-state index is 0.312. The fraction of sp³-hybridized carbons (Fsp3) is 0.667. The summed E-state index contributed by atoms with van der Waals surface area (Å²) in [4.78, 5) is 11.3. The second kappa shape index (κ2) is 5.12. The Kier molecular flexibility index (Phi) is 3.76. The summed E-state index contributed by atoms with van der Waals surface area (Å²) in [6.45, 7) is 7.46. The molecule has 5 heteroatoms. The van der Waals surface area contributed by atoms with Crippen molar-refractivity contribution >= 4 is 23.4 Å². The molecule has 0 radical (unpaired) electrons. The van der Waals surface area contributed by atoms with Gasteiger partial charge in [-0.15, -0.1) is 0 Å². The lowest BCUT2D eigenvalue weighted by Gasteiger charge is -2.34. The number of aromatic nitrogens is 2. The van der Waals surface area contributed by atoms with Crippen molar-refractivity contribution in [2.24, 2.45) is 0 Å². The molecule has 0 saturated carbocycles. The molecule has 0 spiro atoms. The van der Waals surface area contributed by atoms with Gasteiger partial charge in [0.15, 0.2) is 0 Å². The molecule has 1 aromatic rings. The molecule has 2 N–H and O–H groups in total. The molecule has 94 valence electrons. The van der Waals surface area contributed by atoms with Crippen LogP contribution in [-0.2, 0) is 0 Å². The van der Waals surface area contributed by atoms with E-state index >= 15 is 0 Å². The van der Waals surface area contributed by atoms with E-state index in [1.165, 1.54) is 0 Å². The first-order valence-corrected chi connectivity index (χ1v) is 7.22. The molecule has 1 atom stereocenters. The number of nitrogen functional groups attached to an aromatic ring is 1. The van der Waals surface area contributed by atoms with Gasteiger partial charge < -0.3 is 10.6 Å². The van der Waals surface area contributed by atoms with Crippen LogP contribution in [0.25, 0.3) is 0 Å². The third kappa shape index (κ3) is 2.83. The highest BCUT2D eigenvalue weighted by Crippen LogP contribution is 2.24. The van der Waals surface area contributed by atoms with Gasteiger partial charge in [-0.25, -0.2) is 9.97 Å². The van der Waals surface area contributed by atoms with E-state index < -0.39 is 0 Å². The molecule has 0 aliphatic carbocycles. The first kappa shape index (κ1) is 12.5. The zero-order chi connectivity index (χ0) is 12.4. The van der Waals surface area contributed by atoms with E-state index in [0.29, 0.717) is 17.8 Å². The molecule has 2 heterocycles. The number of hydrogen-bond donors (Lipinski definition) is 1. The average molecular weight is 252 g/mol. The number of nitrogens with zero attached hydrogens (tertiary/aromatic N) is 3. The van der Waals surface area contributed by atoms with Crippen LogP contribution in [-0.4, -0.2) is 34.1 Å². The van der Waals surface area contributed by atoms with Gasteiger partial charge in [0.1, 0.15) is 17.5 Å². The Morgan fingerprint density at radius 2 is 2.24 bits per heavy atom. The first-order chi connectivity index (χ1) is 8.08. The molecule has 1 unspecified atom stereocenters. The molecule has 1 fully saturated rings. The molecule has 1 aromatic heterocycles. The van der Waals surface area contributed by atoms with Crippen LogP contribution < -0.4 is 10.6 Å². The fourth-order valence-corrected chi connectivity index (χ4v) is 2.96. The van der Waals surface area contributed by atoms with Crippen LogP contribution in [0.3, 0.4) is 0 Å². The lowest BCUT2D eigenvalue weighted by molar-refractivity contribution is 0.678. The number of rotatable bonds is 2. The predicted octanol–water partition coefficient (Wildman–Crippen LogP) is 2.12. The summed E-state index contributed by atoms with van der Waals surface area (Å²) < 4.78 is 0. The van der Waals surface area contributed by atoms with Gasteiger partial charge >= 0.3 is 0 Å².